The molecule has 5 N–H and O–H groups in total. The molecule has 0 aliphatic heterocycles. The average molecular weight is 397 g/mol. The molecule has 1 aromatic carbocycles. The van der Waals surface area contributed by atoms with E-state index in [1.807, 2.05) is 56.2 Å². The van der Waals surface area contributed by atoms with Gasteiger partial charge in [-0.2, -0.15) is 11.8 Å². The van der Waals surface area contributed by atoms with Crippen LogP contribution in [0.4, 0.5) is 0 Å². The normalized spacial score (nSPS) is 15.7. The summed E-state index contributed by atoms with van der Waals surface area (Å²) in [6, 6.07) is 7.31. The van der Waals surface area contributed by atoms with E-state index in [1.165, 1.54) is 0 Å². The Bertz CT molecular complexity index is 647. The van der Waals surface area contributed by atoms with Crippen molar-refractivity contribution < 1.29 is 20.9 Å². The van der Waals surface area contributed by atoms with E-state index in [2.05, 4.69) is 10.6 Å². The molecule has 0 saturated heterocycles. The lowest BCUT2D eigenvalue weighted by Gasteiger charge is -2.27. The zero-order valence-electron chi connectivity index (χ0n) is 16.9. The second kappa shape index (κ2) is 11.6. The Kier molecular flexibility index (Phi) is 9.13. The number of amides is 2. The fourth-order valence-corrected chi connectivity index (χ4v) is 3.17. The summed E-state index contributed by atoms with van der Waals surface area (Å²) >= 11 is 1.60. The van der Waals surface area contributed by atoms with Crippen LogP contribution in [0.15, 0.2) is 30.3 Å². The van der Waals surface area contributed by atoms with Crippen LogP contribution in [0.3, 0.4) is 0 Å². The highest BCUT2D eigenvalue weighted by Crippen LogP contribution is 2.18. The van der Waals surface area contributed by atoms with Crippen molar-refractivity contribution in [1.29, 1.82) is 0 Å². The van der Waals surface area contributed by atoms with Gasteiger partial charge in [0.05, 0.1) is 18.5 Å². The summed E-state index contributed by atoms with van der Waals surface area (Å²) < 4.78 is 7.19. The van der Waals surface area contributed by atoms with Crippen LogP contribution in [0.1, 0.15) is 38.3 Å². The van der Waals surface area contributed by atoms with Gasteiger partial charge >= 0.3 is 5.97 Å². The van der Waals surface area contributed by atoms with Crippen molar-refractivity contribution in [3.05, 3.63) is 35.9 Å². The second-order valence-electron chi connectivity index (χ2n) is 6.45. The number of carboxylic acid groups (broad SMARTS) is 1. The van der Waals surface area contributed by atoms with E-state index in [-0.39, 0.29) is 17.9 Å². The Hall–Kier alpha value is -2.06. The van der Waals surface area contributed by atoms with Gasteiger partial charge in [-0.25, -0.2) is 0 Å². The van der Waals surface area contributed by atoms with Crippen molar-refractivity contribution in [2.75, 3.05) is 12.0 Å². The van der Waals surface area contributed by atoms with E-state index < -0.39 is 30.4 Å². The fourth-order valence-electron chi connectivity index (χ4n) is 2.56. The van der Waals surface area contributed by atoms with E-state index >= 15 is 0 Å². The van der Waals surface area contributed by atoms with E-state index in [1.54, 1.807) is 11.8 Å². The summed E-state index contributed by atoms with van der Waals surface area (Å²) in [6.07, 6.45) is 2.06. The Balaban J connectivity index is 2.94. The molecule has 0 aliphatic rings. The van der Waals surface area contributed by atoms with Crippen LogP contribution in [-0.2, 0) is 14.4 Å². The Morgan fingerprint density at radius 1 is 1.22 bits per heavy atom. The van der Waals surface area contributed by atoms with Gasteiger partial charge in [-0.1, -0.05) is 50.6 Å². The maximum atomic E-state index is 13.0. The molecule has 1 aromatic rings. The van der Waals surface area contributed by atoms with Crippen LogP contribution in [0, 0.1) is 5.92 Å². The van der Waals surface area contributed by atoms with E-state index in [0.29, 0.717) is 12.2 Å². The third-order valence-electron chi connectivity index (χ3n) is 4.34. The molecule has 0 spiro atoms. The van der Waals surface area contributed by atoms with Crippen LogP contribution >= 0.6 is 11.8 Å². The molecule has 0 heterocycles. The number of carbonyl (C=O) groups excluding carboxylic acids is 2. The maximum absolute atomic E-state index is 13.0. The summed E-state index contributed by atoms with van der Waals surface area (Å²) in [5.41, 5.74) is 2.91. The smallest absolute Gasteiger partial charge is 0.305 e. The van der Waals surface area contributed by atoms with Crippen LogP contribution in [0.2, 0.25) is 1.41 Å². The monoisotopic (exact) mass is 396 g/mol. The van der Waals surface area contributed by atoms with Gasteiger partial charge in [0.25, 0.3) is 0 Å². The number of benzene rings is 1. The standard InChI is InChI=1S/C19H29N3O4S/c1-4-12(2)17(22-18(25)14(20)10-16(23)24)19(26)21-15(11-27-3)13-8-6-5-7-9-13/h5-9,12,14-15,17H,4,10-11,20H2,1-3H3,(H,21,26)(H,22,25)(H,23,24)/t12-,14-,15-,17-/m0/s1/i/hD. The molecule has 27 heavy (non-hydrogen) atoms. The van der Waals surface area contributed by atoms with Gasteiger partial charge in [0.15, 0.2) is 0 Å². The maximum Gasteiger partial charge on any atom is 0.305 e. The summed E-state index contributed by atoms with van der Waals surface area (Å²) in [5, 5.41) is 14.5. The molecule has 0 bridgehead atoms. The number of thioether (sulfide) groups is 1. The van der Waals surface area contributed by atoms with Crippen molar-refractivity contribution in [2.45, 2.75) is 44.8 Å². The summed E-state index contributed by atoms with van der Waals surface area (Å²) in [7, 11) is 0. The van der Waals surface area contributed by atoms with Crippen molar-refractivity contribution in [1.82, 2.24) is 10.6 Å². The van der Waals surface area contributed by atoms with Crippen molar-refractivity contribution in [3.8, 4) is 0 Å². The molecule has 0 aromatic heterocycles. The van der Waals surface area contributed by atoms with Crippen LogP contribution in [-0.4, -0.2) is 47.0 Å². The highest BCUT2D eigenvalue weighted by atomic mass is 32.2. The number of hydrogen-bond acceptors (Lipinski definition) is 5. The first-order chi connectivity index (χ1) is 13.3. The van der Waals surface area contributed by atoms with Gasteiger partial charge in [-0.15, -0.1) is 0 Å². The van der Waals surface area contributed by atoms with Crippen LogP contribution < -0.4 is 16.4 Å². The lowest BCUT2D eigenvalue weighted by Crippen LogP contribution is -2.55. The molecule has 7 nitrogen and oxygen atoms in total. The summed E-state index contributed by atoms with van der Waals surface area (Å²) in [5.74, 6) is -1.70. The minimum Gasteiger partial charge on any atom is -0.481 e. The molecule has 1 rings (SSSR count). The highest BCUT2D eigenvalue weighted by molar-refractivity contribution is 7.98. The van der Waals surface area contributed by atoms with Crippen molar-refractivity contribution in [2.24, 2.45) is 11.6 Å². The lowest BCUT2D eigenvalue weighted by atomic mass is 9.97. The molecule has 150 valence electrons. The predicted molar refractivity (Wildman–Crippen MR) is 107 cm³/mol. The fraction of sp³-hybridized carbons (Fsp3) is 0.526. The Morgan fingerprint density at radius 2 is 1.89 bits per heavy atom. The molecule has 4 atom stereocenters. The zero-order valence-corrected chi connectivity index (χ0v) is 16.7. The van der Waals surface area contributed by atoms with Crippen molar-refractivity contribution in [3.63, 3.8) is 0 Å². The number of hydrogen-bond donors (Lipinski definition) is 4. The molecule has 0 saturated carbocycles. The van der Waals surface area contributed by atoms with Gasteiger partial charge in [0.1, 0.15) is 7.45 Å². The largest absolute Gasteiger partial charge is 0.481 e. The molecule has 0 aliphatic carbocycles. The quantitative estimate of drug-likeness (QED) is 0.425. The minimum absolute atomic E-state index is 0.161. The first-order valence-corrected chi connectivity index (χ1v) is 10.3. The summed E-state index contributed by atoms with van der Waals surface area (Å²) in [4.78, 5) is 36.2. The van der Waals surface area contributed by atoms with Crippen LogP contribution in [0.5, 0.6) is 0 Å². The van der Waals surface area contributed by atoms with Gasteiger partial charge in [-0.3, -0.25) is 14.4 Å². The first-order valence-electron chi connectivity index (χ1n) is 9.37. The molecule has 0 fully saturated rings. The van der Waals surface area contributed by atoms with Gasteiger partial charge in [0, 0.05) is 5.75 Å². The zero-order chi connectivity index (χ0) is 21.1. The SMILES string of the molecule is [2H]N[C@@H](CC(=O)O)C(=O)N[C@H](C(=O)N[C@@H](CSC)c1ccccc1)[C@@H](C)CC. The Labute approximate surface area is 165 Å². The van der Waals surface area contributed by atoms with Gasteiger partial charge in [0.2, 0.25) is 11.8 Å². The average Bonchev–Trinajstić information content (AvgIpc) is 2.69. The first kappa shape index (κ1) is 21.2. The Morgan fingerprint density at radius 3 is 2.41 bits per heavy atom. The minimum atomic E-state index is -1.23. The number of nitrogens with one attached hydrogen (secondary N) is 2. The van der Waals surface area contributed by atoms with Gasteiger partial charge < -0.3 is 21.5 Å². The number of carboxylic acids is 1. The molecule has 0 radical (unpaired) electrons. The number of nitrogens with two attached hydrogens (primary N) is 1. The molecular formula is C19H29N3O4S. The third kappa shape index (κ3) is 7.60. The number of rotatable bonds is 12. The second-order valence-corrected chi connectivity index (χ2v) is 7.36. The number of carbonyl (C=O) groups is 3. The molecule has 0 unspecified atom stereocenters. The summed E-state index contributed by atoms with van der Waals surface area (Å²) in [6.45, 7) is 3.75. The third-order valence-corrected chi connectivity index (χ3v) is 5.01. The van der Waals surface area contributed by atoms with Crippen molar-refractivity contribution >= 4 is 29.5 Å². The molecular weight excluding hydrogens is 366 g/mol. The molecule has 2 amide bonds. The molecule has 8 heteroatoms. The predicted octanol–water partition coefficient (Wildman–Crippen LogP) is 1.54. The van der Waals surface area contributed by atoms with E-state index in [0.717, 1.165) is 5.56 Å². The topological polar surface area (TPSA) is 122 Å². The lowest BCUT2D eigenvalue weighted by molar-refractivity contribution is -0.139. The van der Waals surface area contributed by atoms with E-state index in [9.17, 15) is 14.4 Å². The highest BCUT2D eigenvalue weighted by Gasteiger charge is 2.30. The van der Waals surface area contributed by atoms with Gasteiger partial charge in [-0.05, 0) is 17.7 Å². The van der Waals surface area contributed by atoms with E-state index in [4.69, 9.17) is 6.52 Å². The van der Waals surface area contributed by atoms with Crippen LogP contribution in [0.25, 0.3) is 0 Å². The number of aliphatic carboxylic acids is 1.